The van der Waals surface area contributed by atoms with Gasteiger partial charge in [0.1, 0.15) is 24.2 Å². The molecule has 0 spiro atoms. The summed E-state index contributed by atoms with van der Waals surface area (Å²) in [5, 5.41) is 21.4. The number of benzene rings is 2. The van der Waals surface area contributed by atoms with Crippen molar-refractivity contribution in [3.05, 3.63) is 59.2 Å². The number of β-amino-alcohol motifs (C(OH)–C–C–N with tert-alkyl or cyclic N) is 1. The van der Waals surface area contributed by atoms with Crippen LogP contribution in [-0.2, 0) is 5.41 Å². The van der Waals surface area contributed by atoms with E-state index in [1.807, 2.05) is 25.1 Å². The first-order valence-electron chi connectivity index (χ1n) is 11.6. The molecule has 182 valence electrons. The summed E-state index contributed by atoms with van der Waals surface area (Å²) in [6.45, 7) is 11.5. The second-order valence-corrected chi connectivity index (χ2v) is 9.62. The van der Waals surface area contributed by atoms with Crippen LogP contribution >= 0.6 is 11.6 Å². The smallest absolute Gasteiger partial charge is 0.202 e. The average Bonchev–Trinajstić information content (AvgIpc) is 2.82. The minimum absolute atomic E-state index is 0.197. The largest absolute Gasteiger partial charge is 0.491 e. The van der Waals surface area contributed by atoms with E-state index in [1.165, 1.54) is 11.1 Å². The van der Waals surface area contributed by atoms with Crippen LogP contribution in [0.25, 0.3) is 0 Å². The first kappa shape index (κ1) is 25.8. The van der Waals surface area contributed by atoms with Crippen molar-refractivity contribution in [2.45, 2.75) is 38.4 Å². The van der Waals surface area contributed by atoms with Gasteiger partial charge in [-0.3, -0.25) is 4.90 Å². The standard InChI is InChI=1S/C26H37ClN2O4/c1-19-14-21(6-9-25(19)33-17-22(30)15-27)26(2,3)20-4-7-24(8-5-20)32-18-23(31)16-29-12-10-28-11-13-29/h4-9,14,22-23,28,30-31H,10-13,15-18H2,1-3H3/p+1. The normalized spacial score (nSPS) is 16.9. The number of piperazine rings is 1. The lowest BCUT2D eigenvalue weighted by molar-refractivity contribution is 0.0641. The van der Waals surface area contributed by atoms with Crippen LogP contribution in [0.2, 0.25) is 0 Å². The van der Waals surface area contributed by atoms with Crippen LogP contribution in [0.4, 0.5) is 0 Å². The molecular formula is C26H38ClN2O4+. The number of hydrogen-bond acceptors (Lipinski definition) is 5. The van der Waals surface area contributed by atoms with Crippen LogP contribution in [0.3, 0.4) is 0 Å². The molecule has 3 rings (SSSR count). The highest BCUT2D eigenvalue weighted by Gasteiger charge is 2.24. The maximum absolute atomic E-state index is 10.3. The molecule has 2 unspecified atom stereocenters. The lowest BCUT2D eigenvalue weighted by Crippen LogP contribution is -2.47. The highest BCUT2D eigenvalue weighted by atomic mass is 35.5. The van der Waals surface area contributed by atoms with E-state index in [9.17, 15) is 5.11 Å². The third-order valence-corrected chi connectivity index (χ3v) is 6.59. The predicted octanol–water partition coefficient (Wildman–Crippen LogP) is 2.68. The predicted molar refractivity (Wildman–Crippen MR) is 134 cm³/mol. The summed E-state index contributed by atoms with van der Waals surface area (Å²) in [4.78, 5) is 2.26. The molecule has 2 aromatic rings. The molecule has 0 aromatic heterocycles. The van der Waals surface area contributed by atoms with Gasteiger partial charge >= 0.3 is 0 Å². The van der Waals surface area contributed by atoms with E-state index in [1.54, 1.807) is 0 Å². The highest BCUT2D eigenvalue weighted by molar-refractivity contribution is 6.18. The summed E-state index contributed by atoms with van der Waals surface area (Å²) in [5.41, 5.74) is 3.21. The van der Waals surface area contributed by atoms with Crippen LogP contribution in [0.5, 0.6) is 11.5 Å². The number of halogens is 1. The number of ether oxygens (including phenoxy) is 2. The summed E-state index contributed by atoms with van der Waals surface area (Å²) in [5.74, 6) is 1.82. The Balaban J connectivity index is 1.57. The van der Waals surface area contributed by atoms with Crippen LogP contribution < -0.4 is 14.8 Å². The Morgan fingerprint density at radius 2 is 1.73 bits per heavy atom. The molecule has 7 heteroatoms. The molecule has 2 aromatic carbocycles. The van der Waals surface area contributed by atoms with E-state index in [2.05, 4.69) is 48.3 Å². The van der Waals surface area contributed by atoms with Gasteiger partial charge in [0, 0.05) is 38.1 Å². The van der Waals surface area contributed by atoms with Crippen molar-refractivity contribution in [3.63, 3.8) is 0 Å². The van der Waals surface area contributed by atoms with Crippen molar-refractivity contribution in [1.29, 1.82) is 0 Å². The molecule has 0 radical (unpaired) electrons. The minimum Gasteiger partial charge on any atom is -0.491 e. The molecule has 0 saturated carbocycles. The topological polar surface area (TPSA) is 76.9 Å². The number of hydrogen-bond donors (Lipinski definition) is 2. The van der Waals surface area contributed by atoms with Gasteiger partial charge in [0.15, 0.2) is 6.61 Å². The quantitative estimate of drug-likeness (QED) is 0.384. The van der Waals surface area contributed by atoms with Gasteiger partial charge in [-0.2, -0.15) is 0 Å². The summed E-state index contributed by atoms with van der Waals surface area (Å²) < 4.78 is 11.6. The van der Waals surface area contributed by atoms with Crippen LogP contribution in [0.15, 0.2) is 42.5 Å². The number of nitrogens with one attached hydrogen (secondary N) is 1. The Hall–Kier alpha value is -1.83. The van der Waals surface area contributed by atoms with Crippen LogP contribution in [0, 0.1) is 6.92 Å². The van der Waals surface area contributed by atoms with Crippen molar-refractivity contribution in [2.75, 3.05) is 51.8 Å². The SMILES string of the molecule is Cc1cc(C(C)(C)c2ccc(OCC(O)CN3CCNCC3)cc2)ccc1OCC([OH2+])CCl. The molecule has 0 bridgehead atoms. The average molecular weight is 478 g/mol. The van der Waals surface area contributed by atoms with E-state index in [4.69, 9.17) is 26.2 Å². The van der Waals surface area contributed by atoms with Gasteiger partial charge in [-0.1, -0.05) is 38.1 Å². The van der Waals surface area contributed by atoms with Gasteiger partial charge < -0.3 is 25.0 Å². The molecule has 33 heavy (non-hydrogen) atoms. The van der Waals surface area contributed by atoms with E-state index in [0.29, 0.717) is 13.2 Å². The zero-order chi connectivity index (χ0) is 23.8. The third-order valence-electron chi connectivity index (χ3n) is 6.22. The first-order valence-corrected chi connectivity index (χ1v) is 12.2. The molecule has 1 saturated heterocycles. The lowest BCUT2D eigenvalue weighted by Gasteiger charge is -2.29. The fourth-order valence-corrected chi connectivity index (χ4v) is 4.10. The summed E-state index contributed by atoms with van der Waals surface area (Å²) in [6.07, 6.45) is -0.927. The Morgan fingerprint density at radius 3 is 2.36 bits per heavy atom. The number of aliphatic hydroxyl groups excluding tert-OH is 1. The Morgan fingerprint density at radius 1 is 1.06 bits per heavy atom. The Kier molecular flexibility index (Phi) is 9.41. The Labute approximate surface area is 202 Å². The van der Waals surface area contributed by atoms with Crippen LogP contribution in [-0.4, -0.2) is 79.1 Å². The molecule has 2 atom stereocenters. The van der Waals surface area contributed by atoms with Gasteiger partial charge in [0.2, 0.25) is 6.10 Å². The van der Waals surface area contributed by atoms with Gasteiger partial charge in [-0.05, 0) is 41.8 Å². The van der Waals surface area contributed by atoms with Gasteiger partial charge in [0.25, 0.3) is 0 Å². The Bertz CT molecular complexity index is 869. The minimum atomic E-state index is -0.502. The van der Waals surface area contributed by atoms with Crippen molar-refractivity contribution in [2.24, 2.45) is 0 Å². The molecule has 0 aliphatic carbocycles. The zero-order valence-corrected chi connectivity index (χ0v) is 20.7. The lowest BCUT2D eigenvalue weighted by atomic mass is 9.77. The molecule has 1 aliphatic rings. The maximum atomic E-state index is 10.3. The molecular weight excluding hydrogens is 440 g/mol. The number of nitrogens with zero attached hydrogens (tertiary/aromatic N) is 1. The summed E-state index contributed by atoms with van der Waals surface area (Å²) >= 11 is 5.70. The van der Waals surface area contributed by atoms with E-state index >= 15 is 0 Å². The number of aliphatic hydroxyl groups is 1. The fraction of sp³-hybridized carbons (Fsp3) is 0.538. The molecule has 0 amide bonds. The van der Waals surface area contributed by atoms with Gasteiger partial charge in [-0.25, -0.2) is 0 Å². The number of alkyl halides is 1. The molecule has 6 nitrogen and oxygen atoms in total. The number of aryl methyl sites for hydroxylation is 1. The second kappa shape index (κ2) is 12.0. The fourth-order valence-electron chi connectivity index (χ4n) is 4.01. The van der Waals surface area contributed by atoms with Gasteiger partial charge in [-0.15, -0.1) is 11.6 Å². The summed E-state index contributed by atoms with van der Waals surface area (Å²) in [6, 6.07) is 14.3. The maximum Gasteiger partial charge on any atom is 0.202 e. The monoisotopic (exact) mass is 477 g/mol. The van der Waals surface area contributed by atoms with Crippen molar-refractivity contribution >= 4 is 11.6 Å². The second-order valence-electron chi connectivity index (χ2n) is 9.31. The van der Waals surface area contributed by atoms with Crippen molar-refractivity contribution in [1.82, 2.24) is 10.2 Å². The van der Waals surface area contributed by atoms with E-state index in [-0.39, 0.29) is 17.9 Å². The first-order chi connectivity index (χ1) is 15.8. The molecule has 1 fully saturated rings. The zero-order valence-electron chi connectivity index (χ0n) is 19.9. The molecule has 1 heterocycles. The molecule has 1 aliphatic heterocycles. The number of rotatable bonds is 11. The van der Waals surface area contributed by atoms with Crippen LogP contribution in [0.1, 0.15) is 30.5 Å². The van der Waals surface area contributed by atoms with Crippen molar-refractivity contribution in [3.8, 4) is 11.5 Å². The van der Waals surface area contributed by atoms with E-state index < -0.39 is 12.2 Å². The molecule has 4 N–H and O–H groups in total. The van der Waals surface area contributed by atoms with Gasteiger partial charge in [0.05, 0.1) is 5.88 Å². The highest BCUT2D eigenvalue weighted by Crippen LogP contribution is 2.34. The van der Waals surface area contributed by atoms with Crippen molar-refractivity contribution < 1.29 is 19.7 Å². The summed E-state index contributed by atoms with van der Waals surface area (Å²) in [7, 11) is 0. The third kappa shape index (κ3) is 7.33. The van der Waals surface area contributed by atoms with E-state index in [0.717, 1.165) is 43.2 Å².